The number of aliphatic hydroxyl groups is 4. The zero-order valence-corrected chi connectivity index (χ0v) is 10.0. The van der Waals surface area contributed by atoms with E-state index in [1.165, 1.54) is 0 Å². The van der Waals surface area contributed by atoms with Gasteiger partial charge in [0, 0.05) is 6.54 Å². The molecule has 0 saturated carbocycles. The van der Waals surface area contributed by atoms with Crippen molar-refractivity contribution in [1.29, 1.82) is 0 Å². The lowest BCUT2D eigenvalue weighted by atomic mass is 9.99. The van der Waals surface area contributed by atoms with E-state index < -0.39 is 37.3 Å². The lowest BCUT2D eigenvalue weighted by molar-refractivity contribution is -0.302. The van der Waals surface area contributed by atoms with Crippen LogP contribution in [0.25, 0.3) is 0 Å². The second-order valence-electron chi connectivity index (χ2n) is 3.97. The molecule has 0 amide bonds. The van der Waals surface area contributed by atoms with Crippen molar-refractivity contribution in [3.05, 3.63) is 0 Å². The molecule has 18 heavy (non-hydrogen) atoms. The van der Waals surface area contributed by atoms with Crippen molar-refractivity contribution >= 4 is 0 Å². The molecular formula is C10H21NO7. The zero-order chi connectivity index (χ0) is 13.5. The van der Waals surface area contributed by atoms with Crippen LogP contribution in [0.2, 0.25) is 0 Å². The Morgan fingerprint density at radius 2 is 1.72 bits per heavy atom. The Balaban J connectivity index is 2.35. The molecule has 0 aliphatic carbocycles. The normalized spacial score (nSPS) is 36.8. The van der Waals surface area contributed by atoms with E-state index in [9.17, 15) is 15.3 Å². The standard InChI is InChI=1S/C10H21NO7/c11-1-2-16-3-4-17-10-9(15)8(14)7(13)6(5-12)18-10/h6-10,12-15H,1-5,11H2/t6-,7+,8+,9-,10-/m1/s1. The molecule has 1 aliphatic rings. The summed E-state index contributed by atoms with van der Waals surface area (Å²) in [6.45, 7) is 0.738. The van der Waals surface area contributed by atoms with Gasteiger partial charge in [0.1, 0.15) is 24.4 Å². The third kappa shape index (κ3) is 4.11. The van der Waals surface area contributed by atoms with Gasteiger partial charge in [-0.1, -0.05) is 0 Å². The summed E-state index contributed by atoms with van der Waals surface area (Å²) < 4.78 is 15.4. The third-order valence-electron chi connectivity index (χ3n) is 2.62. The van der Waals surface area contributed by atoms with Gasteiger partial charge in [0.15, 0.2) is 6.29 Å². The monoisotopic (exact) mass is 267 g/mol. The maximum Gasteiger partial charge on any atom is 0.186 e. The highest BCUT2D eigenvalue weighted by atomic mass is 16.7. The van der Waals surface area contributed by atoms with Gasteiger partial charge in [-0.2, -0.15) is 0 Å². The zero-order valence-electron chi connectivity index (χ0n) is 10.0. The van der Waals surface area contributed by atoms with Crippen LogP contribution in [-0.2, 0) is 14.2 Å². The molecular weight excluding hydrogens is 246 g/mol. The minimum Gasteiger partial charge on any atom is -0.394 e. The van der Waals surface area contributed by atoms with E-state index in [4.69, 9.17) is 25.1 Å². The largest absolute Gasteiger partial charge is 0.394 e. The molecule has 0 aromatic heterocycles. The topological polar surface area (TPSA) is 135 Å². The minimum absolute atomic E-state index is 0.142. The fourth-order valence-electron chi connectivity index (χ4n) is 1.61. The SMILES string of the molecule is NCCOCCO[C@@H]1O[C@H](CO)[C@H](O)[C@H](O)[C@H]1O. The van der Waals surface area contributed by atoms with E-state index in [-0.39, 0.29) is 13.2 Å². The summed E-state index contributed by atoms with van der Waals surface area (Å²) in [7, 11) is 0. The Labute approximate surface area is 105 Å². The van der Waals surface area contributed by atoms with Gasteiger partial charge in [0.05, 0.1) is 26.4 Å². The lowest BCUT2D eigenvalue weighted by Gasteiger charge is -2.39. The average Bonchev–Trinajstić information content (AvgIpc) is 2.38. The molecule has 6 N–H and O–H groups in total. The number of rotatable bonds is 7. The quantitative estimate of drug-likeness (QED) is 0.304. The van der Waals surface area contributed by atoms with Gasteiger partial charge in [0.2, 0.25) is 0 Å². The van der Waals surface area contributed by atoms with Gasteiger partial charge in [-0.15, -0.1) is 0 Å². The minimum atomic E-state index is -1.43. The summed E-state index contributed by atoms with van der Waals surface area (Å²) in [4.78, 5) is 0. The maximum atomic E-state index is 9.62. The molecule has 108 valence electrons. The smallest absolute Gasteiger partial charge is 0.186 e. The van der Waals surface area contributed by atoms with Crippen LogP contribution in [0.3, 0.4) is 0 Å². The van der Waals surface area contributed by atoms with Crippen molar-refractivity contribution in [3.63, 3.8) is 0 Å². The van der Waals surface area contributed by atoms with Crippen molar-refractivity contribution in [3.8, 4) is 0 Å². The third-order valence-corrected chi connectivity index (χ3v) is 2.62. The van der Waals surface area contributed by atoms with E-state index in [1.807, 2.05) is 0 Å². The molecule has 0 spiro atoms. The number of aliphatic hydroxyl groups excluding tert-OH is 4. The van der Waals surface area contributed by atoms with E-state index in [1.54, 1.807) is 0 Å². The molecule has 8 nitrogen and oxygen atoms in total. The summed E-state index contributed by atoms with van der Waals surface area (Å²) in [5, 5.41) is 37.6. The van der Waals surface area contributed by atoms with Gasteiger partial charge in [-0.05, 0) is 0 Å². The van der Waals surface area contributed by atoms with Gasteiger partial charge in [-0.3, -0.25) is 0 Å². The van der Waals surface area contributed by atoms with Crippen LogP contribution in [0.5, 0.6) is 0 Å². The molecule has 1 fully saturated rings. The number of hydrogen-bond donors (Lipinski definition) is 5. The lowest BCUT2D eigenvalue weighted by Crippen LogP contribution is -2.59. The molecule has 1 heterocycles. The predicted octanol–water partition coefficient (Wildman–Crippen LogP) is -3.22. The van der Waals surface area contributed by atoms with Crippen LogP contribution in [0.1, 0.15) is 0 Å². The highest BCUT2D eigenvalue weighted by molar-refractivity contribution is 4.88. The summed E-state index contributed by atoms with van der Waals surface area (Å²) in [6, 6.07) is 0. The fraction of sp³-hybridized carbons (Fsp3) is 1.00. The average molecular weight is 267 g/mol. The van der Waals surface area contributed by atoms with Crippen molar-refractivity contribution in [2.24, 2.45) is 5.73 Å². The predicted molar refractivity (Wildman–Crippen MR) is 59.6 cm³/mol. The first kappa shape index (κ1) is 15.7. The summed E-state index contributed by atoms with van der Waals surface area (Å²) in [5.41, 5.74) is 5.23. The Morgan fingerprint density at radius 1 is 1.00 bits per heavy atom. The van der Waals surface area contributed by atoms with Crippen LogP contribution in [0, 0.1) is 0 Å². The first-order valence-electron chi connectivity index (χ1n) is 5.81. The molecule has 0 unspecified atom stereocenters. The van der Waals surface area contributed by atoms with Crippen LogP contribution in [0.4, 0.5) is 0 Å². The Morgan fingerprint density at radius 3 is 2.33 bits per heavy atom. The van der Waals surface area contributed by atoms with Crippen LogP contribution in [-0.4, -0.2) is 84.1 Å². The first-order valence-corrected chi connectivity index (χ1v) is 5.81. The van der Waals surface area contributed by atoms with E-state index in [2.05, 4.69) is 0 Å². The molecule has 0 radical (unpaired) electrons. The molecule has 0 aromatic rings. The Bertz CT molecular complexity index is 228. The summed E-state index contributed by atoms with van der Waals surface area (Å²) in [5.74, 6) is 0. The highest BCUT2D eigenvalue weighted by Gasteiger charge is 2.43. The maximum absolute atomic E-state index is 9.62. The summed E-state index contributed by atoms with van der Waals surface area (Å²) in [6.07, 6.45) is -6.25. The second kappa shape index (κ2) is 7.97. The van der Waals surface area contributed by atoms with Gasteiger partial charge < -0.3 is 40.4 Å². The second-order valence-corrected chi connectivity index (χ2v) is 3.97. The molecule has 1 aliphatic heterocycles. The molecule has 5 atom stereocenters. The number of nitrogens with two attached hydrogens (primary N) is 1. The molecule has 8 heteroatoms. The molecule has 0 aromatic carbocycles. The molecule has 0 bridgehead atoms. The van der Waals surface area contributed by atoms with Gasteiger partial charge in [-0.25, -0.2) is 0 Å². The van der Waals surface area contributed by atoms with Crippen LogP contribution in [0.15, 0.2) is 0 Å². The van der Waals surface area contributed by atoms with Crippen molar-refractivity contribution in [2.45, 2.75) is 30.7 Å². The van der Waals surface area contributed by atoms with E-state index in [0.717, 1.165) is 0 Å². The molecule has 1 saturated heterocycles. The first-order chi connectivity index (χ1) is 8.61. The fourth-order valence-corrected chi connectivity index (χ4v) is 1.61. The van der Waals surface area contributed by atoms with E-state index in [0.29, 0.717) is 13.2 Å². The Kier molecular flexibility index (Phi) is 6.97. The van der Waals surface area contributed by atoms with Gasteiger partial charge >= 0.3 is 0 Å². The number of hydrogen-bond acceptors (Lipinski definition) is 8. The van der Waals surface area contributed by atoms with Gasteiger partial charge in [0.25, 0.3) is 0 Å². The van der Waals surface area contributed by atoms with Crippen LogP contribution < -0.4 is 5.73 Å². The van der Waals surface area contributed by atoms with Crippen LogP contribution >= 0.6 is 0 Å². The van der Waals surface area contributed by atoms with Crippen molar-refractivity contribution in [2.75, 3.05) is 33.0 Å². The van der Waals surface area contributed by atoms with Crippen molar-refractivity contribution < 1.29 is 34.6 Å². The van der Waals surface area contributed by atoms with Crippen molar-refractivity contribution in [1.82, 2.24) is 0 Å². The number of ether oxygens (including phenoxy) is 3. The molecule has 1 rings (SSSR count). The highest BCUT2D eigenvalue weighted by Crippen LogP contribution is 2.21. The Hall–Kier alpha value is -0.320. The summed E-state index contributed by atoms with van der Waals surface area (Å²) >= 11 is 0. The van der Waals surface area contributed by atoms with E-state index >= 15 is 0 Å².